The summed E-state index contributed by atoms with van der Waals surface area (Å²) in [6.07, 6.45) is 2.91. The van der Waals surface area contributed by atoms with Gasteiger partial charge in [-0.05, 0) is 89.8 Å². The van der Waals surface area contributed by atoms with E-state index in [1.807, 2.05) is 37.3 Å². The highest BCUT2D eigenvalue weighted by atomic mass is 127. The molecule has 1 heterocycles. The molecule has 2 N–H and O–H groups in total. The molecule has 0 unspecified atom stereocenters. The lowest BCUT2D eigenvalue weighted by Gasteiger charge is -2.09. The van der Waals surface area contributed by atoms with Crippen molar-refractivity contribution in [2.24, 2.45) is 0 Å². The normalized spacial score (nSPS) is 10.9. The van der Waals surface area contributed by atoms with E-state index in [1.54, 1.807) is 24.3 Å². The highest BCUT2D eigenvalue weighted by Crippen LogP contribution is 2.27. The number of anilines is 1. The molecule has 0 aliphatic heterocycles. The number of halogens is 3. The second kappa shape index (κ2) is 9.75. The largest absolute Gasteiger partial charge is 0.457 e. The first-order valence-corrected chi connectivity index (χ1v) is 10.7. The molecule has 29 heavy (non-hydrogen) atoms. The molecule has 3 aromatic rings. The number of benzene rings is 2. The monoisotopic (exact) mass is 556 g/mol. The zero-order valence-corrected chi connectivity index (χ0v) is 19.6. The van der Waals surface area contributed by atoms with Gasteiger partial charge in [0.1, 0.15) is 11.5 Å². The molecule has 8 heteroatoms. The summed E-state index contributed by atoms with van der Waals surface area (Å²) in [7, 11) is 0. The Morgan fingerprint density at radius 2 is 1.90 bits per heavy atom. The second-order valence-electron chi connectivity index (χ2n) is 6.07. The average Bonchev–Trinajstić information content (AvgIpc) is 3.14. The Morgan fingerprint density at radius 3 is 2.62 bits per heavy atom. The molecule has 1 amide bonds. The maximum atomic E-state index is 12.1. The third-order valence-corrected chi connectivity index (χ3v) is 5.49. The predicted molar refractivity (Wildman–Crippen MR) is 131 cm³/mol. The van der Waals surface area contributed by atoms with Crippen LogP contribution in [0, 0.1) is 10.5 Å². The summed E-state index contributed by atoms with van der Waals surface area (Å²) in [5.74, 6) is 0.810. The third kappa shape index (κ3) is 6.05. The van der Waals surface area contributed by atoms with E-state index in [4.69, 9.17) is 39.8 Å². The van der Waals surface area contributed by atoms with E-state index < -0.39 is 0 Å². The Labute approximate surface area is 197 Å². The van der Waals surface area contributed by atoms with Gasteiger partial charge in [0.15, 0.2) is 5.11 Å². The predicted octanol–water partition coefficient (Wildman–Crippen LogP) is 6.69. The summed E-state index contributed by atoms with van der Waals surface area (Å²) in [6, 6.07) is 14.8. The maximum Gasteiger partial charge on any atom is 0.250 e. The fourth-order valence-corrected chi connectivity index (χ4v) is 3.69. The fourth-order valence-electron chi connectivity index (χ4n) is 2.40. The molecule has 0 spiro atoms. The van der Waals surface area contributed by atoms with Crippen LogP contribution in [0.5, 0.6) is 0 Å². The number of thiocarbonyl (C=S) groups is 1. The van der Waals surface area contributed by atoms with Crippen LogP contribution >= 0.6 is 58.0 Å². The lowest BCUT2D eigenvalue weighted by atomic mass is 10.1. The van der Waals surface area contributed by atoms with E-state index in [0.717, 1.165) is 14.7 Å². The Bertz CT molecular complexity index is 1110. The van der Waals surface area contributed by atoms with Crippen LogP contribution in [0.25, 0.3) is 17.4 Å². The summed E-state index contributed by atoms with van der Waals surface area (Å²) in [5.41, 5.74) is 2.48. The molecule has 3 rings (SSSR count). The molecule has 2 aromatic carbocycles. The van der Waals surface area contributed by atoms with Gasteiger partial charge in [0.2, 0.25) is 5.91 Å². The van der Waals surface area contributed by atoms with Gasteiger partial charge in [-0.2, -0.15) is 0 Å². The van der Waals surface area contributed by atoms with E-state index in [2.05, 4.69) is 33.2 Å². The van der Waals surface area contributed by atoms with Gasteiger partial charge in [0.25, 0.3) is 0 Å². The van der Waals surface area contributed by atoms with Gasteiger partial charge in [-0.1, -0.05) is 35.3 Å². The minimum Gasteiger partial charge on any atom is -0.457 e. The van der Waals surface area contributed by atoms with Crippen LogP contribution in [0.1, 0.15) is 11.3 Å². The van der Waals surface area contributed by atoms with Gasteiger partial charge < -0.3 is 9.73 Å². The third-order valence-electron chi connectivity index (χ3n) is 3.90. The Balaban J connectivity index is 1.59. The highest BCUT2D eigenvalue weighted by Gasteiger charge is 2.07. The topological polar surface area (TPSA) is 54.3 Å². The molecule has 0 saturated carbocycles. The lowest BCUT2D eigenvalue weighted by molar-refractivity contribution is -0.115. The van der Waals surface area contributed by atoms with Crippen LogP contribution < -0.4 is 10.6 Å². The van der Waals surface area contributed by atoms with E-state index >= 15 is 0 Å². The summed E-state index contributed by atoms with van der Waals surface area (Å²) in [4.78, 5) is 12.1. The number of hydrogen-bond donors (Lipinski definition) is 2. The quantitative estimate of drug-likeness (QED) is 0.213. The van der Waals surface area contributed by atoms with Crippen molar-refractivity contribution < 1.29 is 9.21 Å². The SMILES string of the molecule is Cc1ccc(-c2ccc(/C=C/C(=O)NC(=S)Nc3ccc(I)cc3Cl)o2)cc1Cl. The molecule has 0 aliphatic carbocycles. The molecule has 4 nitrogen and oxygen atoms in total. The van der Waals surface area contributed by atoms with Crippen molar-refractivity contribution in [2.75, 3.05) is 5.32 Å². The van der Waals surface area contributed by atoms with Crippen molar-refractivity contribution in [3.8, 4) is 11.3 Å². The van der Waals surface area contributed by atoms with Gasteiger partial charge in [0, 0.05) is 20.2 Å². The first kappa shape index (κ1) is 21.8. The van der Waals surface area contributed by atoms with E-state index in [-0.39, 0.29) is 11.0 Å². The maximum absolute atomic E-state index is 12.1. The molecule has 0 radical (unpaired) electrons. The van der Waals surface area contributed by atoms with E-state index in [1.165, 1.54) is 6.08 Å². The van der Waals surface area contributed by atoms with Crippen LogP contribution in [0.2, 0.25) is 10.0 Å². The van der Waals surface area contributed by atoms with Crippen molar-refractivity contribution in [2.45, 2.75) is 6.92 Å². The van der Waals surface area contributed by atoms with Crippen molar-refractivity contribution in [3.05, 3.63) is 79.5 Å². The summed E-state index contributed by atoms with van der Waals surface area (Å²) in [6.45, 7) is 1.94. The van der Waals surface area contributed by atoms with E-state index in [9.17, 15) is 4.79 Å². The number of furan rings is 1. The zero-order chi connectivity index (χ0) is 21.0. The molecule has 0 fully saturated rings. The van der Waals surface area contributed by atoms with Gasteiger partial charge >= 0.3 is 0 Å². The highest BCUT2D eigenvalue weighted by molar-refractivity contribution is 14.1. The molecule has 1 aromatic heterocycles. The standard InChI is InChI=1S/C21H15Cl2IN2O2S/c1-12-2-3-13(10-16(12)22)19-8-5-15(28-19)6-9-20(27)26-21(29)25-18-7-4-14(24)11-17(18)23/h2-11H,1H3,(H2,25,26,27,29)/b9-6+. The van der Waals surface area contributed by atoms with Crippen LogP contribution in [0.15, 0.2) is 59.0 Å². The van der Waals surface area contributed by atoms with Crippen molar-refractivity contribution in [1.82, 2.24) is 5.32 Å². The molecule has 0 atom stereocenters. The fraction of sp³-hybridized carbons (Fsp3) is 0.0476. The molecular formula is C21H15Cl2IN2O2S. The Kier molecular flexibility index (Phi) is 7.34. The molecule has 148 valence electrons. The molecule has 0 bridgehead atoms. The average molecular weight is 557 g/mol. The van der Waals surface area contributed by atoms with Crippen LogP contribution in [-0.2, 0) is 4.79 Å². The first-order valence-electron chi connectivity index (χ1n) is 8.43. The number of nitrogens with one attached hydrogen (secondary N) is 2. The van der Waals surface area contributed by atoms with Crippen LogP contribution in [0.4, 0.5) is 5.69 Å². The molecule has 0 saturated heterocycles. The van der Waals surface area contributed by atoms with Gasteiger partial charge in [-0.3, -0.25) is 10.1 Å². The zero-order valence-electron chi connectivity index (χ0n) is 15.1. The lowest BCUT2D eigenvalue weighted by Crippen LogP contribution is -2.32. The van der Waals surface area contributed by atoms with E-state index in [0.29, 0.717) is 27.3 Å². The molecular weight excluding hydrogens is 542 g/mol. The Hall–Kier alpha value is -1.87. The summed E-state index contributed by atoms with van der Waals surface area (Å²) in [5, 5.41) is 6.80. The van der Waals surface area contributed by atoms with Gasteiger partial charge in [0.05, 0.1) is 10.7 Å². The van der Waals surface area contributed by atoms with Crippen molar-refractivity contribution in [1.29, 1.82) is 0 Å². The second-order valence-corrected chi connectivity index (χ2v) is 8.54. The smallest absolute Gasteiger partial charge is 0.250 e. The van der Waals surface area contributed by atoms with Crippen LogP contribution in [0.3, 0.4) is 0 Å². The number of carbonyl (C=O) groups excluding carboxylic acids is 1. The van der Waals surface area contributed by atoms with Gasteiger partial charge in [-0.25, -0.2) is 0 Å². The van der Waals surface area contributed by atoms with Gasteiger partial charge in [-0.15, -0.1) is 0 Å². The minimum atomic E-state index is -0.388. The van der Waals surface area contributed by atoms with Crippen molar-refractivity contribution >= 4 is 80.8 Å². The number of amides is 1. The number of carbonyl (C=O) groups is 1. The minimum absolute atomic E-state index is 0.150. The number of aryl methyl sites for hydroxylation is 1. The summed E-state index contributed by atoms with van der Waals surface area (Å²) < 4.78 is 6.75. The first-order chi connectivity index (χ1) is 13.8. The number of hydrogen-bond acceptors (Lipinski definition) is 3. The molecule has 0 aliphatic rings. The Morgan fingerprint density at radius 1 is 1.10 bits per heavy atom. The van der Waals surface area contributed by atoms with Crippen molar-refractivity contribution in [3.63, 3.8) is 0 Å². The van der Waals surface area contributed by atoms with Crippen LogP contribution in [-0.4, -0.2) is 11.0 Å². The summed E-state index contributed by atoms with van der Waals surface area (Å²) >= 11 is 19.6. The number of rotatable bonds is 4.